The van der Waals surface area contributed by atoms with Crippen LogP contribution in [0.1, 0.15) is 24.4 Å². The van der Waals surface area contributed by atoms with E-state index in [2.05, 4.69) is 33.4 Å². The van der Waals surface area contributed by atoms with Crippen molar-refractivity contribution in [2.24, 2.45) is 5.92 Å². The highest BCUT2D eigenvalue weighted by Gasteiger charge is 2.32. The summed E-state index contributed by atoms with van der Waals surface area (Å²) in [6.07, 6.45) is 2.52. The van der Waals surface area contributed by atoms with Gasteiger partial charge >= 0.3 is 0 Å². The Morgan fingerprint density at radius 1 is 1.00 bits per heavy atom. The molecule has 1 saturated carbocycles. The fraction of sp³-hybridized carbons (Fsp3) is 0.250. The smallest absolute Gasteiger partial charge is 0.0542 e. The van der Waals surface area contributed by atoms with E-state index >= 15 is 0 Å². The summed E-state index contributed by atoms with van der Waals surface area (Å²) in [6.45, 7) is 0. The lowest BCUT2D eigenvalue weighted by Crippen LogP contribution is -2.13. The molecule has 0 spiro atoms. The van der Waals surface area contributed by atoms with Crippen LogP contribution in [0.25, 0.3) is 0 Å². The quantitative estimate of drug-likeness (QED) is 0.663. The van der Waals surface area contributed by atoms with Crippen molar-refractivity contribution in [2.45, 2.75) is 18.9 Å². The predicted molar refractivity (Wildman–Crippen MR) is 89.7 cm³/mol. The van der Waals surface area contributed by atoms with Gasteiger partial charge in [0.1, 0.15) is 0 Å². The van der Waals surface area contributed by atoms with Gasteiger partial charge in [-0.25, -0.2) is 0 Å². The number of hydrogen-bond donors (Lipinski definition) is 1. The molecule has 0 heterocycles. The molecule has 20 heavy (non-hydrogen) atoms. The van der Waals surface area contributed by atoms with Gasteiger partial charge in [-0.05, 0) is 70.6 Å². The first-order chi connectivity index (χ1) is 9.63. The van der Waals surface area contributed by atoms with E-state index in [1.54, 1.807) is 0 Å². The molecule has 0 aromatic heterocycles. The molecule has 0 radical (unpaired) electrons. The zero-order chi connectivity index (χ0) is 14.1. The second kappa shape index (κ2) is 5.97. The maximum atomic E-state index is 6.08. The van der Waals surface area contributed by atoms with Crippen molar-refractivity contribution in [1.29, 1.82) is 0 Å². The van der Waals surface area contributed by atoms with E-state index < -0.39 is 0 Å². The van der Waals surface area contributed by atoms with Crippen LogP contribution in [-0.4, -0.2) is 0 Å². The van der Waals surface area contributed by atoms with Crippen molar-refractivity contribution < 1.29 is 0 Å². The molecule has 104 valence electrons. The summed E-state index contributed by atoms with van der Waals surface area (Å²) < 4.78 is 1.03. The van der Waals surface area contributed by atoms with E-state index in [4.69, 9.17) is 23.2 Å². The third-order valence-corrected chi connectivity index (χ3v) is 4.74. The fourth-order valence-corrected chi connectivity index (χ4v) is 3.01. The molecule has 2 aromatic rings. The Balaban J connectivity index is 1.88. The van der Waals surface area contributed by atoms with Crippen LogP contribution in [0.3, 0.4) is 0 Å². The molecule has 1 aliphatic rings. The highest BCUT2D eigenvalue weighted by atomic mass is 79.9. The molecule has 1 unspecified atom stereocenters. The second-order valence-electron chi connectivity index (χ2n) is 5.14. The maximum absolute atomic E-state index is 6.08. The third kappa shape index (κ3) is 3.30. The number of benzene rings is 2. The highest BCUT2D eigenvalue weighted by molar-refractivity contribution is 9.10. The third-order valence-electron chi connectivity index (χ3n) is 3.56. The van der Waals surface area contributed by atoms with E-state index in [9.17, 15) is 0 Å². The molecule has 0 amide bonds. The lowest BCUT2D eigenvalue weighted by atomic mass is 10.0. The topological polar surface area (TPSA) is 12.0 Å². The van der Waals surface area contributed by atoms with Gasteiger partial charge in [0, 0.05) is 14.5 Å². The second-order valence-corrected chi connectivity index (χ2v) is 6.86. The van der Waals surface area contributed by atoms with Crippen LogP contribution in [0.2, 0.25) is 10.0 Å². The Kier molecular flexibility index (Phi) is 4.25. The lowest BCUT2D eigenvalue weighted by Gasteiger charge is -2.21. The number of anilines is 1. The van der Waals surface area contributed by atoms with Crippen molar-refractivity contribution in [1.82, 2.24) is 0 Å². The zero-order valence-electron chi connectivity index (χ0n) is 10.7. The molecule has 1 nitrogen and oxygen atoms in total. The number of nitrogens with one attached hydrogen (secondary N) is 1. The summed E-state index contributed by atoms with van der Waals surface area (Å²) in [5.74, 6) is 0.682. The fourth-order valence-electron chi connectivity index (χ4n) is 2.35. The summed E-state index contributed by atoms with van der Waals surface area (Å²) in [4.78, 5) is 0. The molecular weight excluding hydrogens is 357 g/mol. The minimum absolute atomic E-state index is 0.307. The average Bonchev–Trinajstić information content (AvgIpc) is 3.25. The van der Waals surface area contributed by atoms with E-state index in [-0.39, 0.29) is 0 Å². The summed E-state index contributed by atoms with van der Waals surface area (Å²) in [5, 5.41) is 5.12. The van der Waals surface area contributed by atoms with Crippen molar-refractivity contribution in [2.75, 3.05) is 5.32 Å². The minimum Gasteiger partial charge on any atom is -0.377 e. The Morgan fingerprint density at radius 2 is 1.65 bits per heavy atom. The molecule has 0 bridgehead atoms. The number of halogens is 3. The van der Waals surface area contributed by atoms with Gasteiger partial charge < -0.3 is 5.32 Å². The SMILES string of the molecule is Clc1ccc(C(Nc2cc(Cl)ccc2Br)C2CC2)cc1. The monoisotopic (exact) mass is 369 g/mol. The Hall–Kier alpha value is -0.700. The molecule has 0 aliphatic heterocycles. The molecular formula is C16H14BrCl2N. The van der Waals surface area contributed by atoms with Crippen LogP contribution in [0.5, 0.6) is 0 Å². The Morgan fingerprint density at radius 3 is 2.30 bits per heavy atom. The largest absolute Gasteiger partial charge is 0.377 e. The van der Waals surface area contributed by atoms with Crippen LogP contribution < -0.4 is 5.32 Å². The van der Waals surface area contributed by atoms with E-state index in [1.165, 1.54) is 18.4 Å². The highest BCUT2D eigenvalue weighted by Crippen LogP contribution is 2.44. The normalized spacial score (nSPS) is 15.9. The Bertz CT molecular complexity index is 608. The van der Waals surface area contributed by atoms with Crippen LogP contribution in [0.4, 0.5) is 5.69 Å². The molecule has 1 fully saturated rings. The van der Waals surface area contributed by atoms with Gasteiger partial charge in [0.15, 0.2) is 0 Å². The van der Waals surface area contributed by atoms with Gasteiger partial charge in [0.2, 0.25) is 0 Å². The Labute approximate surface area is 137 Å². The summed E-state index contributed by atoms with van der Waals surface area (Å²) in [6, 6.07) is 14.2. The van der Waals surface area contributed by atoms with E-state index in [1.807, 2.05) is 30.3 Å². The predicted octanol–water partition coefficient (Wildman–Crippen LogP) is 6.32. The maximum Gasteiger partial charge on any atom is 0.0542 e. The van der Waals surface area contributed by atoms with Gasteiger partial charge in [-0.15, -0.1) is 0 Å². The van der Waals surface area contributed by atoms with Gasteiger partial charge in [0.25, 0.3) is 0 Å². The number of hydrogen-bond acceptors (Lipinski definition) is 1. The van der Waals surface area contributed by atoms with Crippen molar-refractivity contribution in [3.8, 4) is 0 Å². The number of rotatable bonds is 4. The molecule has 4 heteroatoms. The molecule has 1 aliphatic carbocycles. The first-order valence-corrected chi connectivity index (χ1v) is 8.15. The zero-order valence-corrected chi connectivity index (χ0v) is 13.8. The molecule has 1 atom stereocenters. The van der Waals surface area contributed by atoms with Crippen LogP contribution in [0.15, 0.2) is 46.9 Å². The van der Waals surface area contributed by atoms with Gasteiger partial charge in [-0.2, -0.15) is 0 Å². The van der Waals surface area contributed by atoms with Crippen LogP contribution in [0, 0.1) is 5.92 Å². The standard InChI is InChI=1S/C16H14BrCl2N/c17-14-8-7-13(19)9-15(14)20-16(10-1-2-10)11-3-5-12(18)6-4-11/h3-10,16,20H,1-2H2. The summed E-state index contributed by atoms with van der Waals surface area (Å²) in [7, 11) is 0. The van der Waals surface area contributed by atoms with Crippen LogP contribution in [-0.2, 0) is 0 Å². The lowest BCUT2D eigenvalue weighted by molar-refractivity contribution is 0.678. The van der Waals surface area contributed by atoms with E-state index in [0.717, 1.165) is 20.2 Å². The molecule has 3 rings (SSSR count). The van der Waals surface area contributed by atoms with Gasteiger partial charge in [0.05, 0.1) is 11.7 Å². The first-order valence-electron chi connectivity index (χ1n) is 6.60. The van der Waals surface area contributed by atoms with Crippen molar-refractivity contribution >= 4 is 44.8 Å². The first kappa shape index (κ1) is 14.2. The van der Waals surface area contributed by atoms with Crippen LogP contribution >= 0.6 is 39.1 Å². The van der Waals surface area contributed by atoms with E-state index in [0.29, 0.717) is 12.0 Å². The van der Waals surface area contributed by atoms with Crippen molar-refractivity contribution in [3.05, 3.63) is 62.5 Å². The molecule has 0 saturated heterocycles. The van der Waals surface area contributed by atoms with Gasteiger partial charge in [-0.3, -0.25) is 0 Å². The van der Waals surface area contributed by atoms with Gasteiger partial charge in [-0.1, -0.05) is 35.3 Å². The molecule has 2 aromatic carbocycles. The average molecular weight is 371 g/mol. The molecule has 1 N–H and O–H groups in total. The minimum atomic E-state index is 0.307. The summed E-state index contributed by atoms with van der Waals surface area (Å²) in [5.41, 5.74) is 2.30. The van der Waals surface area contributed by atoms with Crippen molar-refractivity contribution in [3.63, 3.8) is 0 Å². The summed E-state index contributed by atoms with van der Waals surface area (Å²) >= 11 is 15.6.